The Morgan fingerprint density at radius 2 is 1.69 bits per heavy atom. The van der Waals surface area contributed by atoms with E-state index in [0.717, 1.165) is 23.6 Å². The summed E-state index contributed by atoms with van der Waals surface area (Å²) in [6.07, 6.45) is 4.19. The second kappa shape index (κ2) is 7.97. The number of carbonyl (C=O) groups excluding carboxylic acids is 3. The Bertz CT molecular complexity index is 917. The van der Waals surface area contributed by atoms with Crippen molar-refractivity contribution in [2.45, 2.75) is 52.0 Å². The van der Waals surface area contributed by atoms with Gasteiger partial charge in [-0.3, -0.25) is 19.3 Å². The molecule has 1 fully saturated rings. The lowest BCUT2D eigenvalue weighted by Gasteiger charge is -2.34. The Kier molecular flexibility index (Phi) is 5.39. The van der Waals surface area contributed by atoms with Gasteiger partial charge in [0, 0.05) is 35.5 Å². The Balaban J connectivity index is 1.39. The van der Waals surface area contributed by atoms with Gasteiger partial charge in [-0.2, -0.15) is 0 Å². The number of nitrogens with one attached hydrogen (secondary N) is 1. The van der Waals surface area contributed by atoms with E-state index in [1.54, 1.807) is 12.1 Å². The van der Waals surface area contributed by atoms with Gasteiger partial charge >= 0.3 is 0 Å². The van der Waals surface area contributed by atoms with Crippen LogP contribution in [0, 0.1) is 11.8 Å². The van der Waals surface area contributed by atoms with Crippen LogP contribution in [0.3, 0.4) is 0 Å². The monoisotopic (exact) mass is 392 g/mol. The third-order valence-electron chi connectivity index (χ3n) is 6.69. The maximum atomic E-state index is 12.9. The smallest absolute Gasteiger partial charge is 0.261 e. The first-order valence-corrected chi connectivity index (χ1v) is 10.6. The van der Waals surface area contributed by atoms with E-state index in [9.17, 15) is 14.4 Å². The molecule has 0 unspecified atom stereocenters. The van der Waals surface area contributed by atoms with Crippen molar-refractivity contribution in [3.05, 3.63) is 47.5 Å². The van der Waals surface area contributed by atoms with E-state index in [0.29, 0.717) is 35.8 Å². The molecule has 3 atom stereocenters. The molecule has 1 saturated carbocycles. The number of hydrogen-bond donors (Lipinski definition) is 1. The quantitative estimate of drug-likeness (QED) is 0.777. The fourth-order valence-corrected chi connectivity index (χ4v) is 4.75. The topological polar surface area (TPSA) is 66.5 Å². The molecule has 5 heteroatoms. The van der Waals surface area contributed by atoms with Crippen molar-refractivity contribution >= 4 is 28.5 Å². The van der Waals surface area contributed by atoms with Crippen LogP contribution in [0.25, 0.3) is 10.8 Å². The lowest BCUT2D eigenvalue weighted by molar-refractivity contribution is -0.122. The second-order valence-corrected chi connectivity index (χ2v) is 8.52. The Morgan fingerprint density at radius 1 is 1.03 bits per heavy atom. The molecule has 1 heterocycles. The normalized spacial score (nSPS) is 24.1. The second-order valence-electron chi connectivity index (χ2n) is 8.52. The maximum absolute atomic E-state index is 12.9. The van der Waals surface area contributed by atoms with Gasteiger partial charge in [-0.05, 0) is 42.2 Å². The van der Waals surface area contributed by atoms with Gasteiger partial charge in [0.1, 0.15) is 0 Å². The molecule has 2 aliphatic rings. The predicted molar refractivity (Wildman–Crippen MR) is 113 cm³/mol. The third kappa shape index (κ3) is 3.66. The van der Waals surface area contributed by atoms with Crippen LogP contribution in [0.2, 0.25) is 0 Å². The van der Waals surface area contributed by atoms with Gasteiger partial charge in [0.2, 0.25) is 5.91 Å². The molecule has 0 bridgehead atoms. The first-order valence-electron chi connectivity index (χ1n) is 10.6. The van der Waals surface area contributed by atoms with Gasteiger partial charge in [0.05, 0.1) is 0 Å². The molecule has 0 radical (unpaired) electrons. The molecule has 0 saturated heterocycles. The van der Waals surface area contributed by atoms with E-state index in [1.807, 2.05) is 24.3 Å². The fourth-order valence-electron chi connectivity index (χ4n) is 4.75. The maximum Gasteiger partial charge on any atom is 0.261 e. The average Bonchev–Trinajstić information content (AvgIpc) is 2.72. The van der Waals surface area contributed by atoms with Crippen molar-refractivity contribution in [1.29, 1.82) is 0 Å². The van der Waals surface area contributed by atoms with E-state index >= 15 is 0 Å². The zero-order chi connectivity index (χ0) is 20.5. The van der Waals surface area contributed by atoms with Crippen LogP contribution < -0.4 is 5.32 Å². The molecule has 4 rings (SSSR count). The van der Waals surface area contributed by atoms with Crippen LogP contribution in [0.1, 0.15) is 66.7 Å². The molecular weight excluding hydrogens is 364 g/mol. The van der Waals surface area contributed by atoms with Crippen molar-refractivity contribution < 1.29 is 14.4 Å². The molecule has 0 aromatic heterocycles. The highest BCUT2D eigenvalue weighted by atomic mass is 16.2. The fraction of sp³-hybridized carbons (Fsp3) is 0.458. The van der Waals surface area contributed by atoms with E-state index in [4.69, 9.17) is 0 Å². The van der Waals surface area contributed by atoms with Crippen molar-refractivity contribution in [2.24, 2.45) is 11.8 Å². The highest BCUT2D eigenvalue weighted by Crippen LogP contribution is 2.31. The molecule has 5 nitrogen and oxygen atoms in total. The van der Waals surface area contributed by atoms with Crippen LogP contribution >= 0.6 is 0 Å². The van der Waals surface area contributed by atoms with Crippen molar-refractivity contribution in [3.63, 3.8) is 0 Å². The van der Waals surface area contributed by atoms with Crippen LogP contribution in [0.4, 0.5) is 0 Å². The van der Waals surface area contributed by atoms with Gasteiger partial charge < -0.3 is 5.32 Å². The Labute approximate surface area is 171 Å². The standard InChI is InChI=1S/C24H28N2O3/c1-15-7-3-12-20(16(15)2)25-21(27)13-6-14-26-23(28)18-10-4-8-17-9-5-11-19(22(17)18)24(26)29/h4-5,8-11,15-16,20H,3,6-7,12-14H2,1-2H3,(H,25,27)/t15-,16+,20-/m0/s1. The zero-order valence-corrected chi connectivity index (χ0v) is 17.1. The van der Waals surface area contributed by atoms with Crippen LogP contribution in [0.15, 0.2) is 36.4 Å². The number of nitrogens with zero attached hydrogens (tertiary/aromatic N) is 1. The first-order chi connectivity index (χ1) is 14.0. The first kappa shape index (κ1) is 19.6. The molecule has 3 amide bonds. The van der Waals surface area contributed by atoms with Crippen molar-refractivity contribution in [3.8, 4) is 0 Å². The summed E-state index contributed by atoms with van der Waals surface area (Å²) in [5.74, 6) is 0.578. The summed E-state index contributed by atoms with van der Waals surface area (Å²) in [5.41, 5.74) is 1.12. The molecule has 1 N–H and O–H groups in total. The van der Waals surface area contributed by atoms with Gasteiger partial charge in [0.15, 0.2) is 0 Å². The largest absolute Gasteiger partial charge is 0.353 e. The van der Waals surface area contributed by atoms with E-state index in [1.165, 1.54) is 11.3 Å². The number of imide groups is 1. The number of rotatable bonds is 5. The molecular formula is C24H28N2O3. The molecule has 29 heavy (non-hydrogen) atoms. The van der Waals surface area contributed by atoms with Crippen LogP contribution in [-0.2, 0) is 4.79 Å². The van der Waals surface area contributed by atoms with Crippen LogP contribution in [-0.4, -0.2) is 35.2 Å². The minimum Gasteiger partial charge on any atom is -0.353 e. The third-order valence-corrected chi connectivity index (χ3v) is 6.69. The summed E-state index contributed by atoms with van der Waals surface area (Å²) >= 11 is 0. The summed E-state index contributed by atoms with van der Waals surface area (Å²) < 4.78 is 0. The van der Waals surface area contributed by atoms with Crippen molar-refractivity contribution in [2.75, 3.05) is 6.54 Å². The lowest BCUT2D eigenvalue weighted by Crippen LogP contribution is -2.44. The minimum atomic E-state index is -0.269. The number of benzene rings is 2. The van der Waals surface area contributed by atoms with Gasteiger partial charge in [0.25, 0.3) is 11.8 Å². The summed E-state index contributed by atoms with van der Waals surface area (Å²) in [4.78, 5) is 39.5. The summed E-state index contributed by atoms with van der Waals surface area (Å²) in [6.45, 7) is 4.71. The number of hydrogen-bond acceptors (Lipinski definition) is 3. The highest BCUT2D eigenvalue weighted by molar-refractivity contribution is 6.25. The minimum absolute atomic E-state index is 0.00959. The molecule has 0 spiro atoms. The molecule has 2 aromatic carbocycles. The number of amides is 3. The Hall–Kier alpha value is -2.69. The summed E-state index contributed by atoms with van der Waals surface area (Å²) in [6, 6.07) is 11.3. The molecule has 1 aliphatic heterocycles. The predicted octanol–water partition coefficient (Wildman–Crippen LogP) is 4.16. The number of carbonyl (C=O) groups is 3. The Morgan fingerprint density at radius 3 is 2.34 bits per heavy atom. The average molecular weight is 392 g/mol. The summed E-state index contributed by atoms with van der Waals surface area (Å²) in [7, 11) is 0. The zero-order valence-electron chi connectivity index (χ0n) is 17.1. The van der Waals surface area contributed by atoms with E-state index in [2.05, 4.69) is 19.2 Å². The van der Waals surface area contributed by atoms with Crippen LogP contribution in [0.5, 0.6) is 0 Å². The van der Waals surface area contributed by atoms with Gasteiger partial charge in [-0.1, -0.05) is 51.0 Å². The SMILES string of the molecule is C[C@H]1[C@@H](NC(=O)CCCN2C(=O)c3cccc4cccc(c34)C2=O)CCC[C@@H]1C. The van der Waals surface area contributed by atoms with Gasteiger partial charge in [-0.15, -0.1) is 0 Å². The van der Waals surface area contributed by atoms with Crippen molar-refractivity contribution in [1.82, 2.24) is 10.2 Å². The van der Waals surface area contributed by atoms with E-state index < -0.39 is 0 Å². The highest BCUT2D eigenvalue weighted by Gasteiger charge is 2.32. The lowest BCUT2D eigenvalue weighted by atomic mass is 9.78. The van der Waals surface area contributed by atoms with Gasteiger partial charge in [-0.25, -0.2) is 0 Å². The van der Waals surface area contributed by atoms with E-state index in [-0.39, 0.29) is 30.3 Å². The molecule has 1 aliphatic carbocycles. The molecule has 152 valence electrons. The molecule has 2 aromatic rings. The summed E-state index contributed by atoms with van der Waals surface area (Å²) in [5, 5.41) is 4.80.